The Labute approximate surface area is 112 Å². The molecule has 0 N–H and O–H groups in total. The van der Waals surface area contributed by atoms with Crippen LogP contribution in [0.4, 0.5) is 0 Å². The van der Waals surface area contributed by atoms with E-state index < -0.39 is 0 Å². The minimum atomic E-state index is 0.384. The molecule has 3 heteroatoms. The van der Waals surface area contributed by atoms with Gasteiger partial charge in [0.1, 0.15) is 0 Å². The summed E-state index contributed by atoms with van der Waals surface area (Å²) in [6, 6.07) is 0. The third-order valence-corrected chi connectivity index (χ3v) is 4.34. The van der Waals surface area contributed by atoms with Crippen LogP contribution in [0.3, 0.4) is 0 Å². The molecule has 0 aromatic carbocycles. The lowest BCUT2D eigenvalue weighted by molar-refractivity contribution is -0.131. The summed E-state index contributed by atoms with van der Waals surface area (Å²) in [5, 5.41) is 0. The van der Waals surface area contributed by atoms with Gasteiger partial charge >= 0.3 is 0 Å². The SMILES string of the molecule is CC1CCCN(CCC(=O)N2CCCCCC2)C1. The van der Waals surface area contributed by atoms with E-state index in [1.54, 1.807) is 0 Å². The molecule has 0 spiro atoms. The molecule has 3 nitrogen and oxygen atoms in total. The van der Waals surface area contributed by atoms with Crippen LogP contribution in [0.5, 0.6) is 0 Å². The highest BCUT2D eigenvalue weighted by Crippen LogP contribution is 2.16. The van der Waals surface area contributed by atoms with Gasteiger partial charge < -0.3 is 9.80 Å². The molecule has 18 heavy (non-hydrogen) atoms. The van der Waals surface area contributed by atoms with Gasteiger partial charge in [-0.25, -0.2) is 0 Å². The van der Waals surface area contributed by atoms with Crippen LogP contribution >= 0.6 is 0 Å². The predicted molar refractivity (Wildman–Crippen MR) is 74.5 cm³/mol. The summed E-state index contributed by atoms with van der Waals surface area (Å²) in [6.45, 7) is 7.66. The van der Waals surface area contributed by atoms with Gasteiger partial charge in [-0.2, -0.15) is 0 Å². The summed E-state index contributed by atoms with van der Waals surface area (Å²) in [7, 11) is 0. The van der Waals surface area contributed by atoms with E-state index in [1.807, 2.05) is 0 Å². The molecule has 2 fully saturated rings. The average Bonchev–Trinajstić information content (AvgIpc) is 2.65. The van der Waals surface area contributed by atoms with Crippen LogP contribution < -0.4 is 0 Å². The Hall–Kier alpha value is -0.570. The number of rotatable bonds is 3. The summed E-state index contributed by atoms with van der Waals surface area (Å²) in [4.78, 5) is 16.7. The molecule has 1 atom stereocenters. The van der Waals surface area contributed by atoms with E-state index in [9.17, 15) is 4.79 Å². The smallest absolute Gasteiger partial charge is 0.223 e. The Balaban J connectivity index is 1.70. The van der Waals surface area contributed by atoms with Crippen molar-refractivity contribution < 1.29 is 4.79 Å². The maximum atomic E-state index is 12.2. The third-order valence-electron chi connectivity index (χ3n) is 4.34. The summed E-state index contributed by atoms with van der Waals surface area (Å²) in [5.41, 5.74) is 0. The molecular weight excluding hydrogens is 224 g/mol. The van der Waals surface area contributed by atoms with Crippen LogP contribution in [0, 0.1) is 5.92 Å². The first-order valence-corrected chi connectivity index (χ1v) is 7.76. The van der Waals surface area contributed by atoms with Gasteiger partial charge in [0.2, 0.25) is 5.91 Å². The molecule has 1 unspecified atom stereocenters. The molecule has 0 aliphatic carbocycles. The summed E-state index contributed by atoms with van der Waals surface area (Å²) < 4.78 is 0. The summed E-state index contributed by atoms with van der Waals surface area (Å²) >= 11 is 0. The highest BCUT2D eigenvalue weighted by molar-refractivity contribution is 5.76. The monoisotopic (exact) mass is 252 g/mol. The Morgan fingerprint density at radius 2 is 1.78 bits per heavy atom. The van der Waals surface area contributed by atoms with Gasteiger partial charge in [-0.3, -0.25) is 4.79 Å². The van der Waals surface area contributed by atoms with E-state index in [2.05, 4.69) is 16.7 Å². The van der Waals surface area contributed by atoms with Crippen LogP contribution in [0.15, 0.2) is 0 Å². The van der Waals surface area contributed by atoms with Gasteiger partial charge in [-0.15, -0.1) is 0 Å². The van der Waals surface area contributed by atoms with E-state index >= 15 is 0 Å². The van der Waals surface area contributed by atoms with Gasteiger partial charge in [0.25, 0.3) is 0 Å². The van der Waals surface area contributed by atoms with Gasteiger partial charge in [0, 0.05) is 32.6 Å². The fourth-order valence-corrected chi connectivity index (χ4v) is 3.22. The standard InChI is InChI=1S/C15H28N2O/c1-14-7-6-9-16(13-14)12-8-15(18)17-10-4-2-3-5-11-17/h14H,2-13H2,1H3. The lowest BCUT2D eigenvalue weighted by atomic mass is 10.0. The normalized spacial score (nSPS) is 26.9. The highest BCUT2D eigenvalue weighted by Gasteiger charge is 2.19. The lowest BCUT2D eigenvalue weighted by Gasteiger charge is -2.31. The molecule has 2 saturated heterocycles. The number of piperidine rings is 1. The van der Waals surface area contributed by atoms with Crippen molar-refractivity contribution in [3.8, 4) is 0 Å². The number of nitrogens with zero attached hydrogens (tertiary/aromatic N) is 2. The van der Waals surface area contributed by atoms with Crippen molar-refractivity contribution in [2.45, 2.75) is 51.9 Å². The second-order valence-electron chi connectivity index (χ2n) is 6.09. The Kier molecular flexibility index (Phi) is 5.48. The fourth-order valence-electron chi connectivity index (χ4n) is 3.22. The first kappa shape index (κ1) is 13.9. The molecule has 0 radical (unpaired) electrons. The quantitative estimate of drug-likeness (QED) is 0.770. The van der Waals surface area contributed by atoms with Crippen LogP contribution in [0.2, 0.25) is 0 Å². The summed E-state index contributed by atoms with van der Waals surface area (Å²) in [5.74, 6) is 1.20. The number of amides is 1. The Bertz CT molecular complexity index is 259. The molecule has 2 aliphatic heterocycles. The molecule has 104 valence electrons. The zero-order valence-corrected chi connectivity index (χ0v) is 11.9. The van der Waals surface area contributed by atoms with Gasteiger partial charge in [-0.05, 0) is 38.1 Å². The molecule has 0 bridgehead atoms. The number of carbonyl (C=O) groups is 1. The maximum absolute atomic E-state index is 12.2. The molecular formula is C15H28N2O. The second kappa shape index (κ2) is 7.13. The average molecular weight is 252 g/mol. The molecule has 0 aromatic heterocycles. The molecule has 2 heterocycles. The molecule has 1 amide bonds. The van der Waals surface area contributed by atoms with Gasteiger partial charge in [0.05, 0.1) is 0 Å². The van der Waals surface area contributed by atoms with Crippen LogP contribution in [0.1, 0.15) is 51.9 Å². The van der Waals surface area contributed by atoms with E-state index in [1.165, 1.54) is 51.6 Å². The van der Waals surface area contributed by atoms with Crippen LogP contribution in [0.25, 0.3) is 0 Å². The first-order valence-electron chi connectivity index (χ1n) is 7.76. The Morgan fingerprint density at radius 3 is 2.44 bits per heavy atom. The van der Waals surface area contributed by atoms with Crippen LogP contribution in [-0.4, -0.2) is 48.4 Å². The van der Waals surface area contributed by atoms with Crippen LogP contribution in [-0.2, 0) is 4.79 Å². The minimum absolute atomic E-state index is 0.384. The first-order chi connectivity index (χ1) is 8.75. The van der Waals surface area contributed by atoms with Gasteiger partial charge in [0.15, 0.2) is 0 Å². The van der Waals surface area contributed by atoms with Crippen molar-refractivity contribution in [3.63, 3.8) is 0 Å². The summed E-state index contributed by atoms with van der Waals surface area (Å²) in [6.07, 6.45) is 8.39. The maximum Gasteiger partial charge on any atom is 0.223 e. The van der Waals surface area contributed by atoms with Crippen molar-refractivity contribution in [2.24, 2.45) is 5.92 Å². The van der Waals surface area contributed by atoms with E-state index in [0.717, 1.165) is 32.0 Å². The van der Waals surface area contributed by atoms with Crippen molar-refractivity contribution in [1.29, 1.82) is 0 Å². The Morgan fingerprint density at radius 1 is 1.06 bits per heavy atom. The minimum Gasteiger partial charge on any atom is -0.343 e. The number of carbonyl (C=O) groups excluding carboxylic acids is 1. The zero-order valence-electron chi connectivity index (χ0n) is 11.9. The van der Waals surface area contributed by atoms with Crippen molar-refractivity contribution in [3.05, 3.63) is 0 Å². The zero-order chi connectivity index (χ0) is 12.8. The number of likely N-dealkylation sites (tertiary alicyclic amines) is 2. The molecule has 0 saturated carbocycles. The molecule has 2 aliphatic rings. The second-order valence-corrected chi connectivity index (χ2v) is 6.09. The van der Waals surface area contributed by atoms with Gasteiger partial charge in [-0.1, -0.05) is 19.8 Å². The molecule has 0 aromatic rings. The van der Waals surface area contributed by atoms with E-state index in [0.29, 0.717) is 5.91 Å². The fraction of sp³-hybridized carbons (Fsp3) is 0.933. The van der Waals surface area contributed by atoms with E-state index in [-0.39, 0.29) is 0 Å². The van der Waals surface area contributed by atoms with Crippen molar-refractivity contribution >= 4 is 5.91 Å². The van der Waals surface area contributed by atoms with Crippen molar-refractivity contribution in [1.82, 2.24) is 9.80 Å². The topological polar surface area (TPSA) is 23.6 Å². The molecule has 2 rings (SSSR count). The predicted octanol–water partition coefficient (Wildman–Crippen LogP) is 2.51. The van der Waals surface area contributed by atoms with Crippen molar-refractivity contribution in [2.75, 3.05) is 32.7 Å². The number of hydrogen-bond donors (Lipinski definition) is 0. The van der Waals surface area contributed by atoms with E-state index in [4.69, 9.17) is 0 Å². The highest BCUT2D eigenvalue weighted by atomic mass is 16.2. The third kappa shape index (κ3) is 4.27. The lowest BCUT2D eigenvalue weighted by Crippen LogP contribution is -2.38. The largest absolute Gasteiger partial charge is 0.343 e. The number of hydrogen-bond acceptors (Lipinski definition) is 2.